The van der Waals surface area contributed by atoms with Crippen molar-refractivity contribution in [1.29, 1.82) is 0 Å². The molecule has 1 atom stereocenters. The summed E-state index contributed by atoms with van der Waals surface area (Å²) in [5, 5.41) is 8.63. The third-order valence-corrected chi connectivity index (χ3v) is 5.91. The fourth-order valence-corrected chi connectivity index (χ4v) is 4.03. The summed E-state index contributed by atoms with van der Waals surface area (Å²) >= 11 is 0. The van der Waals surface area contributed by atoms with E-state index < -0.39 is 5.97 Å². The van der Waals surface area contributed by atoms with Gasteiger partial charge < -0.3 is 19.8 Å². The zero-order valence-corrected chi connectivity index (χ0v) is 21.8. The molecule has 1 aliphatic heterocycles. The Bertz CT molecular complexity index is 1210. The lowest BCUT2D eigenvalue weighted by Crippen LogP contribution is -2.41. The van der Waals surface area contributed by atoms with E-state index in [2.05, 4.69) is 20.0 Å². The van der Waals surface area contributed by atoms with Crippen LogP contribution in [0.2, 0.25) is 0 Å². The van der Waals surface area contributed by atoms with Crippen LogP contribution in [0.3, 0.4) is 0 Å². The molecule has 0 radical (unpaired) electrons. The molecule has 1 unspecified atom stereocenters. The number of amides is 1. The third-order valence-electron chi connectivity index (χ3n) is 5.91. The number of nitrogens with one attached hydrogen (secondary N) is 1. The SMILES string of the molecule is CC(C)(C)OC=O.CN(Cc1ccc(-n2cc3cccc(C(=O)ON)c3n2)cc1)C(=O)C1CCCNC1. The van der Waals surface area contributed by atoms with Gasteiger partial charge in [-0.2, -0.15) is 11.0 Å². The Hall–Kier alpha value is -3.76. The monoisotopic (exact) mass is 509 g/mol. The lowest BCUT2D eigenvalue weighted by atomic mass is 9.98. The Balaban J connectivity index is 0.000000479. The van der Waals surface area contributed by atoms with Crippen molar-refractivity contribution in [1.82, 2.24) is 20.0 Å². The summed E-state index contributed by atoms with van der Waals surface area (Å²) < 4.78 is 6.26. The van der Waals surface area contributed by atoms with Crippen LogP contribution in [0, 0.1) is 5.92 Å². The molecule has 198 valence electrons. The summed E-state index contributed by atoms with van der Waals surface area (Å²) in [6.07, 6.45) is 3.84. The molecule has 1 amide bonds. The van der Waals surface area contributed by atoms with Crippen LogP contribution in [-0.4, -0.2) is 58.8 Å². The Morgan fingerprint density at radius 1 is 1.22 bits per heavy atom. The van der Waals surface area contributed by atoms with E-state index in [1.165, 1.54) is 0 Å². The second kappa shape index (κ2) is 12.5. The predicted octanol–water partition coefficient (Wildman–Crippen LogP) is 2.97. The molecule has 37 heavy (non-hydrogen) atoms. The molecule has 0 spiro atoms. The van der Waals surface area contributed by atoms with E-state index in [1.807, 2.05) is 64.3 Å². The van der Waals surface area contributed by atoms with Gasteiger partial charge in [0.1, 0.15) is 11.1 Å². The molecule has 10 heteroatoms. The largest absolute Gasteiger partial charge is 0.462 e. The Labute approximate surface area is 216 Å². The van der Waals surface area contributed by atoms with Gasteiger partial charge in [-0.05, 0) is 63.9 Å². The number of benzene rings is 2. The molecule has 0 saturated carbocycles. The van der Waals surface area contributed by atoms with Crippen LogP contribution in [0.15, 0.2) is 48.7 Å². The maximum atomic E-state index is 12.6. The number of carbonyl (C=O) groups is 3. The zero-order valence-electron chi connectivity index (χ0n) is 21.8. The van der Waals surface area contributed by atoms with Gasteiger partial charge in [0, 0.05) is 31.7 Å². The van der Waals surface area contributed by atoms with Gasteiger partial charge in [-0.1, -0.05) is 24.3 Å². The molecule has 3 N–H and O–H groups in total. The van der Waals surface area contributed by atoms with E-state index in [9.17, 15) is 14.4 Å². The van der Waals surface area contributed by atoms with Crippen LogP contribution in [0.25, 0.3) is 16.6 Å². The number of ether oxygens (including phenoxy) is 1. The molecule has 4 rings (SSSR count). The molecule has 2 aromatic carbocycles. The van der Waals surface area contributed by atoms with Gasteiger partial charge in [0.25, 0.3) is 6.47 Å². The quantitative estimate of drug-likeness (QED) is 0.383. The van der Waals surface area contributed by atoms with Gasteiger partial charge in [-0.25, -0.2) is 9.48 Å². The summed E-state index contributed by atoms with van der Waals surface area (Å²) in [5.74, 6) is 4.65. The van der Waals surface area contributed by atoms with Crippen molar-refractivity contribution in [3.05, 3.63) is 59.8 Å². The molecule has 1 aliphatic rings. The van der Waals surface area contributed by atoms with Gasteiger partial charge in [0.15, 0.2) is 0 Å². The molecule has 1 saturated heterocycles. The van der Waals surface area contributed by atoms with Crippen LogP contribution in [0.5, 0.6) is 0 Å². The number of nitrogens with zero attached hydrogens (tertiary/aromatic N) is 3. The minimum atomic E-state index is -0.623. The molecular weight excluding hydrogens is 474 g/mol. The molecule has 3 aromatic rings. The van der Waals surface area contributed by atoms with Crippen molar-refractivity contribution < 1.29 is 24.0 Å². The van der Waals surface area contributed by atoms with Gasteiger partial charge >= 0.3 is 5.97 Å². The number of aromatic nitrogens is 2. The summed E-state index contributed by atoms with van der Waals surface area (Å²) in [5.41, 5.74) is 2.43. The fraction of sp³-hybridized carbons (Fsp3) is 0.407. The number of fused-ring (bicyclic) bond motifs is 1. The molecule has 10 nitrogen and oxygen atoms in total. The Morgan fingerprint density at radius 3 is 2.51 bits per heavy atom. The van der Waals surface area contributed by atoms with Crippen molar-refractivity contribution in [2.45, 2.75) is 45.8 Å². The van der Waals surface area contributed by atoms with E-state index >= 15 is 0 Å². The smallest absolute Gasteiger partial charge is 0.358 e. The van der Waals surface area contributed by atoms with Gasteiger partial charge in [-0.15, -0.1) is 0 Å². The van der Waals surface area contributed by atoms with Crippen molar-refractivity contribution in [3.8, 4) is 5.69 Å². The summed E-state index contributed by atoms with van der Waals surface area (Å²) in [7, 11) is 1.85. The first kappa shape index (κ1) is 27.8. The van der Waals surface area contributed by atoms with Crippen molar-refractivity contribution in [3.63, 3.8) is 0 Å². The number of hydrogen-bond donors (Lipinski definition) is 2. The van der Waals surface area contributed by atoms with E-state index in [4.69, 9.17) is 5.90 Å². The zero-order chi connectivity index (χ0) is 27.0. The van der Waals surface area contributed by atoms with Crippen LogP contribution >= 0.6 is 0 Å². The van der Waals surface area contributed by atoms with E-state index in [1.54, 1.807) is 21.7 Å². The highest BCUT2D eigenvalue weighted by atomic mass is 16.7. The average molecular weight is 510 g/mol. The highest BCUT2D eigenvalue weighted by molar-refractivity contribution is 6.02. The third kappa shape index (κ3) is 7.61. The molecule has 2 heterocycles. The Kier molecular flexibility index (Phi) is 9.37. The summed E-state index contributed by atoms with van der Waals surface area (Å²) in [4.78, 5) is 40.2. The number of piperidine rings is 1. The van der Waals surface area contributed by atoms with Gasteiger partial charge in [-0.3, -0.25) is 9.59 Å². The van der Waals surface area contributed by atoms with E-state index in [0.29, 0.717) is 24.1 Å². The minimum absolute atomic E-state index is 0.0638. The van der Waals surface area contributed by atoms with Crippen LogP contribution < -0.4 is 11.2 Å². The lowest BCUT2D eigenvalue weighted by molar-refractivity contribution is -0.138. The molecular formula is C27H35N5O5. The number of carbonyl (C=O) groups excluding carboxylic acids is 3. The normalized spacial score (nSPS) is 15.3. The molecule has 0 aliphatic carbocycles. The standard InChI is InChI=1S/C22H25N5O3.C5H10O2/c1-26(21(28)16-5-3-11-24-12-16)13-15-7-9-18(10-8-15)27-14-17-4-2-6-19(20(17)25-27)22(29)30-23;1-5(2,3)7-4-6/h2,4,6-10,14,16,24H,3,5,11-13,23H2,1H3;4H,1-3H3. The maximum absolute atomic E-state index is 12.6. The van der Waals surface area contributed by atoms with Crippen LogP contribution in [-0.2, 0) is 25.7 Å². The first-order valence-electron chi connectivity index (χ1n) is 12.2. The van der Waals surface area contributed by atoms with Crippen molar-refractivity contribution in [2.24, 2.45) is 11.8 Å². The van der Waals surface area contributed by atoms with E-state index in [-0.39, 0.29) is 17.4 Å². The maximum Gasteiger partial charge on any atom is 0.358 e. The first-order valence-corrected chi connectivity index (χ1v) is 12.2. The molecule has 1 fully saturated rings. The van der Waals surface area contributed by atoms with Gasteiger partial charge in [0.05, 0.1) is 17.2 Å². The molecule has 1 aromatic heterocycles. The van der Waals surface area contributed by atoms with Gasteiger partial charge in [0.2, 0.25) is 5.91 Å². The molecule has 0 bridgehead atoms. The average Bonchev–Trinajstić information content (AvgIpc) is 3.33. The van der Waals surface area contributed by atoms with E-state index in [0.717, 1.165) is 42.6 Å². The lowest BCUT2D eigenvalue weighted by Gasteiger charge is -2.27. The second-order valence-corrected chi connectivity index (χ2v) is 9.95. The fourth-order valence-electron chi connectivity index (χ4n) is 4.03. The highest BCUT2D eigenvalue weighted by Gasteiger charge is 2.24. The van der Waals surface area contributed by atoms with Crippen molar-refractivity contribution in [2.75, 3.05) is 20.1 Å². The first-order chi connectivity index (χ1) is 17.6. The number of nitrogens with two attached hydrogens (primary N) is 1. The highest BCUT2D eigenvalue weighted by Crippen LogP contribution is 2.21. The second-order valence-electron chi connectivity index (χ2n) is 9.95. The Morgan fingerprint density at radius 2 is 1.95 bits per heavy atom. The van der Waals surface area contributed by atoms with Crippen LogP contribution in [0.4, 0.5) is 0 Å². The summed E-state index contributed by atoms with van der Waals surface area (Å²) in [6, 6.07) is 13.1. The topological polar surface area (TPSA) is 129 Å². The minimum Gasteiger partial charge on any atom is -0.462 e. The predicted molar refractivity (Wildman–Crippen MR) is 140 cm³/mol. The van der Waals surface area contributed by atoms with Crippen LogP contribution in [0.1, 0.15) is 49.5 Å². The van der Waals surface area contributed by atoms with Crippen molar-refractivity contribution >= 4 is 29.3 Å². The number of hydrogen-bond acceptors (Lipinski definition) is 8. The summed E-state index contributed by atoms with van der Waals surface area (Å²) in [6.45, 7) is 8.23. The number of rotatable bonds is 6.